The Hall–Kier alpha value is -2.43. The number of nitrogens with zero attached hydrogens (tertiary/aromatic N) is 2. The average molecular weight is 409 g/mol. The molecule has 10 heteroatoms. The van der Waals surface area contributed by atoms with Gasteiger partial charge in [-0.2, -0.15) is 0 Å². The number of rotatable bonds is 7. The first-order valence-corrected chi connectivity index (χ1v) is 10.4. The Morgan fingerprint density at radius 2 is 1.96 bits per heavy atom. The predicted octanol–water partition coefficient (Wildman–Crippen LogP) is 1.60. The van der Waals surface area contributed by atoms with E-state index < -0.39 is 15.6 Å². The van der Waals surface area contributed by atoms with Crippen molar-refractivity contribution in [2.75, 3.05) is 20.8 Å². The quantitative estimate of drug-likeness (QED) is 0.636. The number of hydrogen-bond acceptors (Lipinski definition) is 7. The fourth-order valence-electron chi connectivity index (χ4n) is 2.71. The highest BCUT2D eigenvalue weighted by molar-refractivity contribution is 7.89. The molecule has 0 saturated heterocycles. The molecule has 0 aliphatic carbocycles. The number of sulfonamides is 1. The van der Waals surface area contributed by atoms with Crippen molar-refractivity contribution >= 4 is 26.3 Å². The summed E-state index contributed by atoms with van der Waals surface area (Å²) in [5, 5.41) is 1.68. The minimum Gasteiger partial charge on any atom is -0.493 e. The summed E-state index contributed by atoms with van der Waals surface area (Å²) >= 11 is 1.27. The van der Waals surface area contributed by atoms with Gasteiger partial charge in [0.05, 0.1) is 19.9 Å². The number of benzene rings is 1. The average Bonchev–Trinajstić information content (AvgIpc) is 3.09. The van der Waals surface area contributed by atoms with E-state index in [2.05, 4.69) is 9.71 Å². The molecule has 3 aromatic rings. The van der Waals surface area contributed by atoms with Crippen LogP contribution in [-0.4, -0.2) is 38.6 Å². The molecule has 144 valence electrons. The maximum atomic E-state index is 12.6. The molecule has 0 unspecified atom stereocenters. The molecule has 0 radical (unpaired) electrons. The number of hydrogen-bond donors (Lipinski definition) is 1. The van der Waals surface area contributed by atoms with Crippen molar-refractivity contribution in [1.29, 1.82) is 0 Å². The summed E-state index contributed by atoms with van der Waals surface area (Å²) in [4.78, 5) is 16.9. The van der Waals surface area contributed by atoms with E-state index >= 15 is 0 Å². The molecule has 0 saturated carbocycles. The van der Waals surface area contributed by atoms with Gasteiger partial charge < -0.3 is 9.47 Å². The van der Waals surface area contributed by atoms with E-state index in [1.165, 1.54) is 36.0 Å². The van der Waals surface area contributed by atoms with Crippen molar-refractivity contribution in [2.24, 2.45) is 0 Å². The van der Waals surface area contributed by atoms with Gasteiger partial charge in [0.2, 0.25) is 10.0 Å². The largest absolute Gasteiger partial charge is 0.493 e. The second-order valence-corrected chi connectivity index (χ2v) is 8.30. The minimum atomic E-state index is -3.99. The maximum absolute atomic E-state index is 12.6. The molecule has 0 bridgehead atoms. The van der Waals surface area contributed by atoms with Gasteiger partial charge in [0.25, 0.3) is 5.56 Å². The van der Waals surface area contributed by atoms with E-state index in [0.717, 1.165) is 5.56 Å². The lowest BCUT2D eigenvalue weighted by Crippen LogP contribution is -2.33. The van der Waals surface area contributed by atoms with Crippen LogP contribution in [0.5, 0.6) is 11.5 Å². The summed E-state index contributed by atoms with van der Waals surface area (Å²) < 4.78 is 39.4. The molecular weight excluding hydrogens is 390 g/mol. The van der Waals surface area contributed by atoms with Crippen LogP contribution in [-0.2, 0) is 16.4 Å². The zero-order valence-corrected chi connectivity index (χ0v) is 16.7. The third-order valence-corrected chi connectivity index (χ3v) is 6.37. The topological polar surface area (TPSA) is 99.0 Å². The van der Waals surface area contributed by atoms with Gasteiger partial charge in [0, 0.05) is 18.1 Å². The van der Waals surface area contributed by atoms with E-state index in [1.54, 1.807) is 24.6 Å². The van der Waals surface area contributed by atoms with E-state index in [1.807, 2.05) is 6.07 Å². The number of nitrogens with one attached hydrogen (secondary N) is 1. The van der Waals surface area contributed by atoms with Crippen LogP contribution in [0.15, 0.2) is 39.5 Å². The van der Waals surface area contributed by atoms with Crippen molar-refractivity contribution in [3.63, 3.8) is 0 Å². The van der Waals surface area contributed by atoms with Crippen LogP contribution in [0, 0.1) is 6.92 Å². The Morgan fingerprint density at radius 3 is 2.67 bits per heavy atom. The Morgan fingerprint density at radius 1 is 1.22 bits per heavy atom. The molecule has 0 spiro atoms. The SMILES string of the molecule is COc1ccc(CCNS(=O)(=O)c2c(C)nc3sccn3c2=O)cc1OC. The van der Waals surface area contributed by atoms with Crippen LogP contribution in [0.3, 0.4) is 0 Å². The van der Waals surface area contributed by atoms with E-state index in [0.29, 0.717) is 22.9 Å². The number of fused-ring (bicyclic) bond motifs is 1. The highest BCUT2D eigenvalue weighted by Crippen LogP contribution is 2.27. The monoisotopic (exact) mass is 409 g/mol. The normalized spacial score (nSPS) is 11.7. The summed E-state index contributed by atoms with van der Waals surface area (Å²) in [5.41, 5.74) is 0.452. The first-order chi connectivity index (χ1) is 12.9. The van der Waals surface area contributed by atoms with E-state index in [9.17, 15) is 13.2 Å². The van der Waals surface area contributed by atoms with Gasteiger partial charge in [-0.15, -0.1) is 11.3 Å². The smallest absolute Gasteiger partial charge is 0.279 e. The Labute approximate surface area is 160 Å². The predicted molar refractivity (Wildman–Crippen MR) is 103 cm³/mol. The zero-order valence-electron chi connectivity index (χ0n) is 15.1. The number of ether oxygens (including phenoxy) is 2. The molecule has 0 fully saturated rings. The van der Waals surface area contributed by atoms with Crippen LogP contribution in [0.4, 0.5) is 0 Å². The molecule has 3 rings (SSSR count). The van der Waals surface area contributed by atoms with Crippen molar-refractivity contribution < 1.29 is 17.9 Å². The van der Waals surface area contributed by atoms with Gasteiger partial charge in [-0.1, -0.05) is 6.07 Å². The molecule has 1 N–H and O–H groups in total. The van der Waals surface area contributed by atoms with Crippen LogP contribution in [0.25, 0.3) is 4.96 Å². The van der Waals surface area contributed by atoms with Crippen molar-refractivity contribution in [1.82, 2.24) is 14.1 Å². The van der Waals surface area contributed by atoms with Gasteiger partial charge in [-0.3, -0.25) is 9.20 Å². The molecule has 27 heavy (non-hydrogen) atoms. The molecular formula is C17H19N3O5S2. The van der Waals surface area contributed by atoms with Gasteiger partial charge >= 0.3 is 0 Å². The van der Waals surface area contributed by atoms with Crippen LogP contribution < -0.4 is 19.8 Å². The minimum absolute atomic E-state index is 0.128. The summed E-state index contributed by atoms with van der Waals surface area (Å²) in [6, 6.07) is 5.37. The van der Waals surface area contributed by atoms with Gasteiger partial charge in [0.1, 0.15) is 0 Å². The van der Waals surface area contributed by atoms with Crippen molar-refractivity contribution in [3.8, 4) is 11.5 Å². The third kappa shape index (κ3) is 3.82. The Kier molecular flexibility index (Phi) is 5.49. The zero-order chi connectivity index (χ0) is 19.6. The lowest BCUT2D eigenvalue weighted by Gasteiger charge is -2.11. The first kappa shape index (κ1) is 19.3. The number of aryl methyl sites for hydroxylation is 1. The van der Waals surface area contributed by atoms with E-state index in [4.69, 9.17) is 9.47 Å². The number of aromatic nitrogens is 2. The molecule has 8 nitrogen and oxygen atoms in total. The Bertz CT molecular complexity index is 1140. The van der Waals surface area contributed by atoms with Crippen molar-refractivity contribution in [2.45, 2.75) is 18.2 Å². The summed E-state index contributed by atoms with van der Waals surface area (Å²) in [7, 11) is -0.904. The Balaban J connectivity index is 1.79. The summed E-state index contributed by atoms with van der Waals surface area (Å²) in [6.07, 6.45) is 1.94. The second kappa shape index (κ2) is 7.67. The molecule has 0 aliphatic heterocycles. The number of thiazole rings is 1. The third-order valence-electron chi connectivity index (χ3n) is 4.02. The summed E-state index contributed by atoms with van der Waals surface area (Å²) in [6.45, 7) is 1.65. The van der Waals surface area contributed by atoms with Gasteiger partial charge in [-0.25, -0.2) is 18.1 Å². The molecule has 0 aliphatic rings. The fourth-order valence-corrected chi connectivity index (χ4v) is 4.74. The highest BCUT2D eigenvalue weighted by atomic mass is 32.2. The summed E-state index contributed by atoms with van der Waals surface area (Å²) in [5.74, 6) is 1.17. The van der Waals surface area contributed by atoms with Crippen LogP contribution in [0.1, 0.15) is 11.3 Å². The molecule has 1 aromatic carbocycles. The molecule has 0 amide bonds. The number of methoxy groups -OCH3 is 2. The van der Waals surface area contributed by atoms with Crippen molar-refractivity contribution in [3.05, 3.63) is 51.4 Å². The highest BCUT2D eigenvalue weighted by Gasteiger charge is 2.23. The molecule has 0 atom stereocenters. The molecule has 2 heterocycles. The maximum Gasteiger partial charge on any atom is 0.279 e. The fraction of sp³-hybridized carbons (Fsp3) is 0.294. The van der Waals surface area contributed by atoms with Crippen LogP contribution >= 0.6 is 11.3 Å². The standard InChI is InChI=1S/C17H19N3O5S2/c1-11-15(16(21)20-8-9-26-17(20)19-11)27(22,23)18-7-6-12-4-5-13(24-2)14(10-12)25-3/h4-5,8-10,18H,6-7H2,1-3H3. The second-order valence-electron chi connectivity index (χ2n) is 5.72. The van der Waals surface area contributed by atoms with Gasteiger partial charge in [-0.05, 0) is 31.0 Å². The lowest BCUT2D eigenvalue weighted by atomic mass is 10.1. The lowest BCUT2D eigenvalue weighted by molar-refractivity contribution is 0.354. The van der Waals surface area contributed by atoms with E-state index in [-0.39, 0.29) is 17.1 Å². The van der Waals surface area contributed by atoms with Gasteiger partial charge in [0.15, 0.2) is 21.4 Å². The first-order valence-electron chi connectivity index (χ1n) is 8.04. The molecule has 2 aromatic heterocycles. The van der Waals surface area contributed by atoms with Crippen LogP contribution in [0.2, 0.25) is 0 Å².